The minimum absolute atomic E-state index is 0.0971. The molecular weight excluding hydrogens is 305 g/mol. The summed E-state index contributed by atoms with van der Waals surface area (Å²) in [6.07, 6.45) is 0. The number of hydrogen-bond acceptors (Lipinski definition) is 5. The Balaban J connectivity index is 1.88. The number of fused-ring (bicyclic) bond motifs is 1. The molecule has 1 aliphatic rings. The van der Waals surface area contributed by atoms with Crippen molar-refractivity contribution < 1.29 is 22.9 Å². The molecule has 2 aromatic carbocycles. The first-order valence-corrected chi connectivity index (χ1v) is 8.00. The van der Waals surface area contributed by atoms with Gasteiger partial charge in [-0.25, -0.2) is 13.1 Å². The molecule has 0 aromatic heterocycles. The highest BCUT2D eigenvalue weighted by atomic mass is 32.2. The van der Waals surface area contributed by atoms with E-state index in [9.17, 15) is 18.2 Å². The van der Waals surface area contributed by atoms with Gasteiger partial charge in [0.05, 0.1) is 11.5 Å². The van der Waals surface area contributed by atoms with Crippen LogP contribution in [0.1, 0.15) is 15.9 Å². The second kappa shape index (κ2) is 5.56. The van der Waals surface area contributed by atoms with Crippen molar-refractivity contribution >= 4 is 28.5 Å². The van der Waals surface area contributed by atoms with E-state index in [0.29, 0.717) is 5.46 Å². The number of amides is 1. The maximum atomic E-state index is 12.3. The maximum Gasteiger partial charge on any atom is 0.491 e. The fourth-order valence-electron chi connectivity index (χ4n) is 2.19. The van der Waals surface area contributed by atoms with Gasteiger partial charge in [0.25, 0.3) is 15.9 Å². The van der Waals surface area contributed by atoms with Crippen molar-refractivity contribution in [2.75, 3.05) is 0 Å². The Hall–Kier alpha value is -2.16. The van der Waals surface area contributed by atoms with Gasteiger partial charge >= 0.3 is 7.12 Å². The van der Waals surface area contributed by atoms with Gasteiger partial charge in [0, 0.05) is 5.56 Å². The molecule has 0 radical (unpaired) electrons. The van der Waals surface area contributed by atoms with Gasteiger partial charge in [-0.05, 0) is 35.3 Å². The van der Waals surface area contributed by atoms with Gasteiger partial charge in [-0.15, -0.1) is 0 Å². The molecule has 22 heavy (non-hydrogen) atoms. The molecule has 1 amide bonds. The lowest BCUT2D eigenvalue weighted by atomic mass is 9.80. The molecule has 8 heteroatoms. The van der Waals surface area contributed by atoms with Crippen LogP contribution in [0.2, 0.25) is 0 Å². The third-order valence-corrected chi connectivity index (χ3v) is 4.68. The fraction of sp³-hybridized carbons (Fsp3) is 0.0714. The van der Waals surface area contributed by atoms with Crippen LogP contribution in [0.5, 0.6) is 0 Å². The summed E-state index contributed by atoms with van der Waals surface area (Å²) in [4.78, 5) is 11.9. The normalized spacial score (nSPS) is 13.8. The van der Waals surface area contributed by atoms with Gasteiger partial charge in [0.15, 0.2) is 0 Å². The first-order valence-electron chi connectivity index (χ1n) is 6.52. The lowest BCUT2D eigenvalue weighted by Gasteiger charge is -2.08. The number of rotatable bonds is 3. The summed E-state index contributed by atoms with van der Waals surface area (Å²) < 4.78 is 31.6. The summed E-state index contributed by atoms with van der Waals surface area (Å²) in [5.41, 5.74) is 1.37. The summed E-state index contributed by atoms with van der Waals surface area (Å²) in [6.45, 7) is 0.229. The number of nitrogens with one attached hydrogen (secondary N) is 1. The molecule has 0 saturated heterocycles. The molecular formula is C14H12BNO5S. The van der Waals surface area contributed by atoms with E-state index in [1.165, 1.54) is 24.3 Å². The van der Waals surface area contributed by atoms with E-state index in [4.69, 9.17) is 4.65 Å². The molecule has 0 bridgehead atoms. The summed E-state index contributed by atoms with van der Waals surface area (Å²) >= 11 is 0. The zero-order valence-electron chi connectivity index (χ0n) is 11.4. The summed E-state index contributed by atoms with van der Waals surface area (Å²) in [7, 11) is -5.16. The lowest BCUT2D eigenvalue weighted by Crippen LogP contribution is -2.33. The van der Waals surface area contributed by atoms with Gasteiger partial charge < -0.3 is 9.68 Å². The van der Waals surface area contributed by atoms with E-state index in [1.807, 2.05) is 4.72 Å². The molecule has 0 atom stereocenters. The van der Waals surface area contributed by atoms with Crippen LogP contribution in [-0.4, -0.2) is 26.5 Å². The molecule has 6 nitrogen and oxygen atoms in total. The first-order chi connectivity index (χ1) is 10.5. The quantitative estimate of drug-likeness (QED) is 0.779. The number of carbonyl (C=O) groups is 1. The van der Waals surface area contributed by atoms with Gasteiger partial charge in [0.2, 0.25) is 0 Å². The van der Waals surface area contributed by atoms with Crippen LogP contribution in [0.4, 0.5) is 0 Å². The molecule has 2 aromatic rings. The minimum Gasteiger partial charge on any atom is -0.423 e. The minimum atomic E-state index is -4.02. The fourth-order valence-corrected chi connectivity index (χ4v) is 3.20. The second-order valence-electron chi connectivity index (χ2n) is 4.82. The van der Waals surface area contributed by atoms with Crippen LogP contribution in [0.15, 0.2) is 53.4 Å². The number of carbonyl (C=O) groups excluding carboxylic acids is 1. The highest BCUT2D eigenvalue weighted by molar-refractivity contribution is 7.90. The Bertz CT molecular complexity index is 822. The number of hydrogen-bond donors (Lipinski definition) is 2. The Kier molecular flexibility index (Phi) is 3.73. The van der Waals surface area contributed by atoms with Crippen LogP contribution in [0, 0.1) is 0 Å². The van der Waals surface area contributed by atoms with E-state index in [2.05, 4.69) is 0 Å². The van der Waals surface area contributed by atoms with E-state index >= 15 is 0 Å². The molecule has 0 saturated carbocycles. The Morgan fingerprint density at radius 2 is 1.91 bits per heavy atom. The Morgan fingerprint density at radius 1 is 1.18 bits per heavy atom. The van der Waals surface area contributed by atoms with Crippen LogP contribution < -0.4 is 10.2 Å². The average molecular weight is 317 g/mol. The zero-order chi connectivity index (χ0) is 15.7. The highest BCUT2D eigenvalue weighted by Crippen LogP contribution is 2.15. The highest BCUT2D eigenvalue weighted by Gasteiger charge is 2.29. The van der Waals surface area contributed by atoms with Crippen molar-refractivity contribution in [1.29, 1.82) is 0 Å². The van der Waals surface area contributed by atoms with Crippen LogP contribution in [0.3, 0.4) is 0 Å². The maximum absolute atomic E-state index is 12.3. The van der Waals surface area contributed by atoms with Gasteiger partial charge in [-0.2, -0.15) is 0 Å². The topological polar surface area (TPSA) is 92.7 Å². The van der Waals surface area contributed by atoms with Gasteiger partial charge in [-0.3, -0.25) is 4.79 Å². The van der Waals surface area contributed by atoms with Crippen molar-refractivity contribution in [2.24, 2.45) is 0 Å². The van der Waals surface area contributed by atoms with E-state index in [1.54, 1.807) is 24.3 Å². The first kappa shape index (κ1) is 14.8. The second-order valence-corrected chi connectivity index (χ2v) is 6.51. The van der Waals surface area contributed by atoms with E-state index in [-0.39, 0.29) is 17.1 Å². The third kappa shape index (κ3) is 2.76. The lowest BCUT2D eigenvalue weighted by molar-refractivity contribution is 0.0981. The van der Waals surface area contributed by atoms with Crippen molar-refractivity contribution in [1.82, 2.24) is 4.72 Å². The molecule has 0 aliphatic carbocycles. The van der Waals surface area contributed by atoms with Crippen molar-refractivity contribution in [3.05, 3.63) is 59.7 Å². The standard InChI is InChI=1S/C14H12BNO5S/c17-14(10-4-2-1-3-5-10)16-22(19,20)12-7-6-11-9-21-15(18)13(11)8-12/h1-8,18H,9H2,(H,16,17). The smallest absolute Gasteiger partial charge is 0.423 e. The molecule has 0 spiro atoms. The van der Waals surface area contributed by atoms with Crippen LogP contribution in [0.25, 0.3) is 0 Å². The summed E-state index contributed by atoms with van der Waals surface area (Å²) in [5.74, 6) is -0.710. The molecule has 3 rings (SSSR count). The number of sulfonamides is 1. The third-order valence-electron chi connectivity index (χ3n) is 3.35. The molecule has 1 heterocycles. The van der Waals surface area contributed by atoms with Crippen LogP contribution >= 0.6 is 0 Å². The van der Waals surface area contributed by atoms with Gasteiger partial charge in [0.1, 0.15) is 0 Å². The summed E-state index contributed by atoms with van der Waals surface area (Å²) in [5, 5.41) is 9.63. The van der Waals surface area contributed by atoms with Gasteiger partial charge in [-0.1, -0.05) is 24.3 Å². The number of benzene rings is 2. The van der Waals surface area contributed by atoms with E-state index in [0.717, 1.165) is 5.56 Å². The Morgan fingerprint density at radius 3 is 2.64 bits per heavy atom. The molecule has 0 unspecified atom stereocenters. The van der Waals surface area contributed by atoms with Crippen molar-refractivity contribution in [2.45, 2.75) is 11.5 Å². The van der Waals surface area contributed by atoms with Crippen LogP contribution in [-0.2, 0) is 21.3 Å². The molecule has 2 N–H and O–H groups in total. The predicted octanol–water partition coefficient (Wildman–Crippen LogP) is 0.0230. The Labute approximate surface area is 127 Å². The van der Waals surface area contributed by atoms with E-state index < -0.39 is 23.0 Å². The largest absolute Gasteiger partial charge is 0.491 e. The SMILES string of the molecule is O=C(NS(=O)(=O)c1ccc2c(c1)B(O)OC2)c1ccccc1. The molecule has 1 aliphatic heterocycles. The predicted molar refractivity (Wildman–Crippen MR) is 79.9 cm³/mol. The zero-order valence-corrected chi connectivity index (χ0v) is 12.2. The molecule has 112 valence electrons. The molecule has 0 fully saturated rings. The van der Waals surface area contributed by atoms with Crippen molar-refractivity contribution in [3.8, 4) is 0 Å². The monoisotopic (exact) mass is 317 g/mol. The summed E-state index contributed by atoms with van der Waals surface area (Å²) in [6, 6.07) is 12.3. The van der Waals surface area contributed by atoms with Crippen molar-refractivity contribution in [3.63, 3.8) is 0 Å². The average Bonchev–Trinajstić information content (AvgIpc) is 2.89.